The average Bonchev–Trinajstić information content (AvgIpc) is 2.83. The summed E-state index contributed by atoms with van der Waals surface area (Å²) in [6.07, 6.45) is 8.99. The minimum atomic E-state index is 0. The number of halogens is 1. The average molecular weight is 442 g/mol. The molecule has 0 amide bonds. The van der Waals surface area contributed by atoms with Crippen LogP contribution in [0.25, 0.3) is 0 Å². The lowest BCUT2D eigenvalue weighted by atomic mass is 10.00. The van der Waals surface area contributed by atoms with Gasteiger partial charge in [0, 0.05) is 25.7 Å². The molecule has 0 aromatic heterocycles. The van der Waals surface area contributed by atoms with E-state index in [1.165, 1.54) is 49.7 Å². The minimum Gasteiger partial charge on any atom is -0.370 e. The molecule has 1 heterocycles. The lowest BCUT2D eigenvalue weighted by Crippen LogP contribution is -2.40. The summed E-state index contributed by atoms with van der Waals surface area (Å²) >= 11 is 0. The number of aliphatic imine (C=N–C) groups is 1. The second kappa shape index (κ2) is 10.2. The van der Waals surface area contributed by atoms with Gasteiger partial charge in [-0.05, 0) is 30.4 Å². The molecule has 0 spiro atoms. The van der Waals surface area contributed by atoms with E-state index in [0.29, 0.717) is 12.0 Å². The smallest absolute Gasteiger partial charge is 0.188 e. The van der Waals surface area contributed by atoms with E-state index >= 15 is 0 Å². The summed E-state index contributed by atoms with van der Waals surface area (Å²) in [5.41, 5.74) is 9.03. The molecule has 4 nitrogen and oxygen atoms in total. The van der Waals surface area contributed by atoms with Crippen LogP contribution in [0, 0.1) is 0 Å². The summed E-state index contributed by atoms with van der Waals surface area (Å²) in [4.78, 5) is 7.02. The number of benzene rings is 1. The van der Waals surface area contributed by atoms with Crippen molar-refractivity contribution in [2.45, 2.75) is 57.5 Å². The second-order valence-corrected chi connectivity index (χ2v) is 6.89. The number of guanidine groups is 1. The highest BCUT2D eigenvalue weighted by Gasteiger charge is 2.15. The molecule has 134 valence electrons. The molecule has 24 heavy (non-hydrogen) atoms. The van der Waals surface area contributed by atoms with Gasteiger partial charge in [-0.1, -0.05) is 49.9 Å². The van der Waals surface area contributed by atoms with Gasteiger partial charge < -0.3 is 11.1 Å². The molecule has 1 saturated carbocycles. The first-order valence-corrected chi connectivity index (χ1v) is 9.17. The summed E-state index contributed by atoms with van der Waals surface area (Å²) in [5.74, 6) is 0.634. The van der Waals surface area contributed by atoms with Gasteiger partial charge in [0.15, 0.2) is 5.96 Å². The summed E-state index contributed by atoms with van der Waals surface area (Å²) in [7, 11) is 0. The van der Waals surface area contributed by atoms with E-state index in [4.69, 9.17) is 5.73 Å². The van der Waals surface area contributed by atoms with E-state index in [1.54, 1.807) is 0 Å². The van der Waals surface area contributed by atoms with E-state index in [2.05, 4.69) is 39.5 Å². The van der Waals surface area contributed by atoms with Gasteiger partial charge in [-0.25, -0.2) is 0 Å². The summed E-state index contributed by atoms with van der Waals surface area (Å²) in [6, 6.07) is 9.29. The predicted octanol–water partition coefficient (Wildman–Crippen LogP) is 3.29. The van der Waals surface area contributed by atoms with Crippen molar-refractivity contribution in [3.05, 3.63) is 35.4 Å². The third-order valence-electron chi connectivity index (χ3n) is 5.12. The largest absolute Gasteiger partial charge is 0.370 e. The van der Waals surface area contributed by atoms with E-state index < -0.39 is 0 Å². The molecule has 3 rings (SSSR count). The van der Waals surface area contributed by atoms with E-state index in [0.717, 1.165) is 32.6 Å². The van der Waals surface area contributed by atoms with Gasteiger partial charge in [0.05, 0.1) is 6.54 Å². The normalized spacial score (nSPS) is 19.9. The Kier molecular flexibility index (Phi) is 8.32. The number of fused-ring (bicyclic) bond motifs is 1. The Morgan fingerprint density at radius 3 is 2.58 bits per heavy atom. The predicted molar refractivity (Wildman–Crippen MR) is 112 cm³/mol. The SMILES string of the molecule is I.NC(=NCCN1CCc2ccccc2C1)NC1CCCCCC1. The van der Waals surface area contributed by atoms with Crippen LogP contribution in [-0.4, -0.2) is 36.5 Å². The van der Waals surface area contributed by atoms with Crippen molar-refractivity contribution in [3.63, 3.8) is 0 Å². The van der Waals surface area contributed by atoms with Gasteiger partial charge >= 0.3 is 0 Å². The lowest BCUT2D eigenvalue weighted by molar-refractivity contribution is 0.261. The van der Waals surface area contributed by atoms with Gasteiger partial charge in [-0.2, -0.15) is 0 Å². The molecule has 1 aliphatic carbocycles. The second-order valence-electron chi connectivity index (χ2n) is 6.89. The number of hydrogen-bond donors (Lipinski definition) is 2. The first-order chi connectivity index (χ1) is 11.3. The van der Waals surface area contributed by atoms with Crippen molar-refractivity contribution in [2.24, 2.45) is 10.7 Å². The maximum atomic E-state index is 6.07. The molecule has 0 atom stereocenters. The van der Waals surface area contributed by atoms with Gasteiger partial charge in [-0.15, -0.1) is 24.0 Å². The zero-order valence-electron chi connectivity index (χ0n) is 14.5. The number of nitrogens with two attached hydrogens (primary N) is 1. The van der Waals surface area contributed by atoms with Crippen LogP contribution in [0.3, 0.4) is 0 Å². The fraction of sp³-hybridized carbons (Fsp3) is 0.632. The molecule has 1 aliphatic heterocycles. The van der Waals surface area contributed by atoms with Crippen LogP contribution in [-0.2, 0) is 13.0 Å². The van der Waals surface area contributed by atoms with Crippen LogP contribution >= 0.6 is 24.0 Å². The van der Waals surface area contributed by atoms with Gasteiger partial charge in [0.25, 0.3) is 0 Å². The van der Waals surface area contributed by atoms with Crippen LogP contribution in [0.1, 0.15) is 49.7 Å². The third-order valence-corrected chi connectivity index (χ3v) is 5.12. The van der Waals surface area contributed by atoms with E-state index in [-0.39, 0.29) is 24.0 Å². The Morgan fingerprint density at radius 2 is 1.83 bits per heavy atom. The fourth-order valence-corrected chi connectivity index (χ4v) is 3.74. The molecule has 2 aliphatic rings. The Labute approximate surface area is 163 Å². The summed E-state index contributed by atoms with van der Waals surface area (Å²) in [5, 5.41) is 3.42. The Balaban J connectivity index is 0.00000208. The van der Waals surface area contributed by atoms with Crippen LogP contribution in [0.4, 0.5) is 0 Å². The van der Waals surface area contributed by atoms with Crippen LogP contribution in [0.5, 0.6) is 0 Å². The highest BCUT2D eigenvalue weighted by molar-refractivity contribution is 14.0. The number of nitrogens with zero attached hydrogens (tertiary/aromatic N) is 2. The molecule has 5 heteroatoms. The molecule has 0 bridgehead atoms. The number of nitrogens with one attached hydrogen (secondary N) is 1. The van der Waals surface area contributed by atoms with Crippen molar-refractivity contribution in [1.29, 1.82) is 0 Å². The van der Waals surface area contributed by atoms with Crippen LogP contribution in [0.2, 0.25) is 0 Å². The first kappa shape index (κ1) is 19.5. The molecule has 1 aromatic carbocycles. The van der Waals surface area contributed by atoms with E-state index in [9.17, 15) is 0 Å². The van der Waals surface area contributed by atoms with Crippen molar-refractivity contribution >= 4 is 29.9 Å². The fourth-order valence-electron chi connectivity index (χ4n) is 3.74. The van der Waals surface area contributed by atoms with Crippen molar-refractivity contribution < 1.29 is 0 Å². The first-order valence-electron chi connectivity index (χ1n) is 9.17. The molecule has 0 saturated heterocycles. The molecule has 0 unspecified atom stereocenters. The van der Waals surface area contributed by atoms with Crippen molar-refractivity contribution in [3.8, 4) is 0 Å². The lowest BCUT2D eigenvalue weighted by Gasteiger charge is -2.28. The van der Waals surface area contributed by atoms with Gasteiger partial charge in [-0.3, -0.25) is 9.89 Å². The van der Waals surface area contributed by atoms with Gasteiger partial charge in [0.1, 0.15) is 0 Å². The van der Waals surface area contributed by atoms with Crippen LogP contribution in [0.15, 0.2) is 29.3 Å². The Morgan fingerprint density at radius 1 is 1.12 bits per heavy atom. The molecule has 1 aromatic rings. The van der Waals surface area contributed by atoms with Crippen molar-refractivity contribution in [1.82, 2.24) is 10.2 Å². The standard InChI is InChI=1S/C19H30N4.HI/c20-19(22-18-9-3-1-2-4-10-18)21-12-14-23-13-11-16-7-5-6-8-17(16)15-23;/h5-8,18H,1-4,9-15H2,(H3,20,21,22);1H. The highest BCUT2D eigenvalue weighted by Crippen LogP contribution is 2.18. The molecule has 3 N–H and O–H groups in total. The van der Waals surface area contributed by atoms with Crippen LogP contribution < -0.4 is 11.1 Å². The topological polar surface area (TPSA) is 53.6 Å². The summed E-state index contributed by atoms with van der Waals surface area (Å²) in [6.45, 7) is 3.94. The van der Waals surface area contributed by atoms with Gasteiger partial charge in [0.2, 0.25) is 0 Å². The zero-order valence-corrected chi connectivity index (χ0v) is 16.9. The quantitative estimate of drug-likeness (QED) is 0.326. The number of hydrogen-bond acceptors (Lipinski definition) is 2. The Hall–Kier alpha value is -0.820. The number of rotatable bonds is 4. The monoisotopic (exact) mass is 442 g/mol. The molecular formula is C19H31IN4. The third kappa shape index (κ3) is 5.92. The van der Waals surface area contributed by atoms with E-state index in [1.807, 2.05) is 0 Å². The Bertz CT molecular complexity index is 524. The molecule has 0 radical (unpaired) electrons. The molecular weight excluding hydrogens is 411 g/mol. The zero-order chi connectivity index (χ0) is 15.9. The minimum absolute atomic E-state index is 0. The molecule has 1 fully saturated rings. The summed E-state index contributed by atoms with van der Waals surface area (Å²) < 4.78 is 0. The maximum absolute atomic E-state index is 6.07. The van der Waals surface area contributed by atoms with Crippen molar-refractivity contribution in [2.75, 3.05) is 19.6 Å². The highest BCUT2D eigenvalue weighted by atomic mass is 127. The maximum Gasteiger partial charge on any atom is 0.188 e.